The number of hydrogen-bond donors (Lipinski definition) is 1. The van der Waals surface area contributed by atoms with Crippen LogP contribution in [0.15, 0.2) is 24.3 Å². The maximum absolute atomic E-state index is 13.3. The van der Waals surface area contributed by atoms with Gasteiger partial charge in [0.15, 0.2) is 0 Å². The van der Waals surface area contributed by atoms with Crippen molar-refractivity contribution in [2.24, 2.45) is 5.92 Å². The molecule has 0 spiro atoms. The van der Waals surface area contributed by atoms with E-state index in [2.05, 4.69) is 5.32 Å². The van der Waals surface area contributed by atoms with Crippen molar-refractivity contribution in [1.82, 2.24) is 15.1 Å². The highest BCUT2D eigenvalue weighted by atomic mass is 19.1. The van der Waals surface area contributed by atoms with Crippen LogP contribution in [0.3, 0.4) is 0 Å². The molecule has 6 heteroatoms. The van der Waals surface area contributed by atoms with Gasteiger partial charge in [-0.3, -0.25) is 9.59 Å². The molecule has 118 valence electrons. The number of nitrogens with one attached hydrogen (secondary N) is 1. The highest BCUT2D eigenvalue weighted by Gasteiger charge is 2.37. The molecule has 1 aromatic carbocycles. The Balaban J connectivity index is 1.61. The molecule has 2 aliphatic heterocycles. The van der Waals surface area contributed by atoms with Gasteiger partial charge in [-0.2, -0.15) is 0 Å². The van der Waals surface area contributed by atoms with Crippen molar-refractivity contribution in [1.29, 1.82) is 0 Å². The quantitative estimate of drug-likeness (QED) is 0.878. The number of nitrogens with zero attached hydrogens (tertiary/aromatic N) is 2. The Morgan fingerprint density at radius 1 is 1.23 bits per heavy atom. The van der Waals surface area contributed by atoms with Crippen molar-refractivity contribution < 1.29 is 14.0 Å². The van der Waals surface area contributed by atoms with E-state index in [1.165, 1.54) is 19.1 Å². The highest BCUT2D eigenvalue weighted by molar-refractivity contribution is 5.83. The van der Waals surface area contributed by atoms with E-state index in [-0.39, 0.29) is 29.6 Å². The molecule has 3 rings (SSSR count). The number of carbonyl (C=O) groups excluding carboxylic acids is 2. The van der Waals surface area contributed by atoms with Crippen LogP contribution in [0.5, 0.6) is 0 Å². The lowest BCUT2D eigenvalue weighted by Crippen LogP contribution is -2.58. The maximum Gasteiger partial charge on any atom is 0.229 e. The van der Waals surface area contributed by atoms with Crippen LogP contribution in [0.2, 0.25) is 0 Å². The zero-order valence-electron chi connectivity index (χ0n) is 12.6. The summed E-state index contributed by atoms with van der Waals surface area (Å²) in [6.45, 7) is 4.44. The third kappa shape index (κ3) is 2.97. The summed E-state index contributed by atoms with van der Waals surface area (Å²) in [4.78, 5) is 27.2. The third-order valence-corrected chi connectivity index (χ3v) is 4.41. The van der Waals surface area contributed by atoms with Crippen LogP contribution in [0.4, 0.5) is 4.39 Å². The van der Waals surface area contributed by atoms with Gasteiger partial charge >= 0.3 is 0 Å². The lowest BCUT2D eigenvalue weighted by Gasteiger charge is -2.42. The van der Waals surface area contributed by atoms with Crippen molar-refractivity contribution in [3.8, 4) is 0 Å². The second-order valence-corrected chi connectivity index (χ2v) is 5.97. The fourth-order valence-electron chi connectivity index (χ4n) is 3.05. The summed E-state index contributed by atoms with van der Waals surface area (Å²) in [5.74, 6) is -0.239. The van der Waals surface area contributed by atoms with Crippen LogP contribution < -0.4 is 5.32 Å². The van der Waals surface area contributed by atoms with Crippen molar-refractivity contribution in [3.05, 3.63) is 35.6 Å². The van der Waals surface area contributed by atoms with Gasteiger partial charge in [-0.05, 0) is 17.7 Å². The van der Waals surface area contributed by atoms with E-state index < -0.39 is 0 Å². The lowest BCUT2D eigenvalue weighted by molar-refractivity contribution is -0.148. The summed E-state index contributed by atoms with van der Waals surface area (Å²) in [7, 11) is 0. The van der Waals surface area contributed by atoms with Gasteiger partial charge in [-0.15, -0.1) is 0 Å². The summed E-state index contributed by atoms with van der Waals surface area (Å²) in [5.41, 5.74) is 0.858. The average Bonchev–Trinajstić information content (AvgIpc) is 2.45. The Kier molecular flexibility index (Phi) is 4.11. The van der Waals surface area contributed by atoms with Gasteiger partial charge in [0.1, 0.15) is 5.82 Å². The highest BCUT2D eigenvalue weighted by Crippen LogP contribution is 2.23. The van der Waals surface area contributed by atoms with Crippen LogP contribution in [0.1, 0.15) is 18.5 Å². The van der Waals surface area contributed by atoms with Gasteiger partial charge in [-0.1, -0.05) is 12.1 Å². The first kappa shape index (κ1) is 15.0. The first-order valence-corrected chi connectivity index (χ1v) is 7.58. The number of amides is 2. The minimum atomic E-state index is -0.265. The predicted octanol–water partition coefficient (Wildman–Crippen LogP) is 0.777. The zero-order valence-corrected chi connectivity index (χ0v) is 12.6. The molecule has 22 heavy (non-hydrogen) atoms. The predicted molar refractivity (Wildman–Crippen MR) is 79.5 cm³/mol. The Hall–Kier alpha value is -1.95. The molecule has 1 atom stereocenters. The molecule has 2 aliphatic rings. The van der Waals surface area contributed by atoms with Gasteiger partial charge in [-0.25, -0.2) is 4.39 Å². The van der Waals surface area contributed by atoms with Crippen molar-refractivity contribution in [2.75, 3.05) is 32.7 Å². The lowest BCUT2D eigenvalue weighted by atomic mass is 9.96. The van der Waals surface area contributed by atoms with E-state index in [0.29, 0.717) is 32.7 Å². The Bertz CT molecular complexity index is 587. The van der Waals surface area contributed by atoms with Crippen LogP contribution in [0.25, 0.3) is 0 Å². The smallest absolute Gasteiger partial charge is 0.229 e. The molecule has 1 unspecified atom stereocenters. The summed E-state index contributed by atoms with van der Waals surface area (Å²) < 4.78 is 13.3. The van der Waals surface area contributed by atoms with Crippen molar-refractivity contribution >= 4 is 11.8 Å². The van der Waals surface area contributed by atoms with Crippen LogP contribution in [-0.4, -0.2) is 54.3 Å². The number of likely N-dealkylation sites (tertiary alicyclic amines) is 1. The molecule has 2 fully saturated rings. The third-order valence-electron chi connectivity index (χ3n) is 4.41. The molecule has 0 aromatic heterocycles. The Morgan fingerprint density at radius 2 is 2.00 bits per heavy atom. The molecule has 0 saturated carbocycles. The fourth-order valence-corrected chi connectivity index (χ4v) is 3.05. The normalized spacial score (nSPS) is 22.4. The first-order chi connectivity index (χ1) is 10.5. The van der Waals surface area contributed by atoms with E-state index in [0.717, 1.165) is 5.56 Å². The number of piperazine rings is 1. The van der Waals surface area contributed by atoms with E-state index in [1.807, 2.05) is 11.0 Å². The minimum absolute atomic E-state index is 0.0157. The van der Waals surface area contributed by atoms with Gasteiger partial charge in [0.05, 0.1) is 12.0 Å². The molecule has 1 N–H and O–H groups in total. The topological polar surface area (TPSA) is 52.7 Å². The molecule has 2 saturated heterocycles. The zero-order chi connectivity index (χ0) is 15.7. The Morgan fingerprint density at radius 3 is 2.68 bits per heavy atom. The SMILES string of the molecule is CC(=O)N1CC(C(=O)N2CCNC(c3cccc(F)c3)C2)C1. The summed E-state index contributed by atoms with van der Waals surface area (Å²) in [6, 6.07) is 6.43. The molecule has 1 aromatic rings. The maximum atomic E-state index is 13.3. The van der Waals surface area contributed by atoms with Gasteiger partial charge in [0, 0.05) is 39.6 Å². The molecule has 0 bridgehead atoms. The minimum Gasteiger partial charge on any atom is -0.341 e. The average molecular weight is 305 g/mol. The second kappa shape index (κ2) is 6.04. The Labute approximate surface area is 129 Å². The van der Waals surface area contributed by atoms with Gasteiger partial charge < -0.3 is 15.1 Å². The van der Waals surface area contributed by atoms with Crippen LogP contribution in [-0.2, 0) is 9.59 Å². The number of halogens is 1. The molecule has 0 radical (unpaired) electrons. The van der Waals surface area contributed by atoms with E-state index in [4.69, 9.17) is 0 Å². The molecule has 2 amide bonds. The summed E-state index contributed by atoms with van der Waals surface area (Å²) >= 11 is 0. The first-order valence-electron chi connectivity index (χ1n) is 7.58. The van der Waals surface area contributed by atoms with E-state index in [1.54, 1.807) is 11.0 Å². The van der Waals surface area contributed by atoms with E-state index in [9.17, 15) is 14.0 Å². The van der Waals surface area contributed by atoms with Crippen molar-refractivity contribution in [3.63, 3.8) is 0 Å². The summed E-state index contributed by atoms with van der Waals surface area (Å²) in [5, 5.41) is 3.32. The van der Waals surface area contributed by atoms with Gasteiger partial charge in [0.2, 0.25) is 11.8 Å². The summed E-state index contributed by atoms with van der Waals surface area (Å²) in [6.07, 6.45) is 0. The molecular formula is C16H20FN3O2. The fraction of sp³-hybridized carbons (Fsp3) is 0.500. The monoisotopic (exact) mass is 305 g/mol. The number of benzene rings is 1. The molecular weight excluding hydrogens is 285 g/mol. The molecule has 0 aliphatic carbocycles. The standard InChI is InChI=1S/C16H20FN3O2/c1-11(21)20-8-13(9-20)16(22)19-6-5-18-15(10-19)12-3-2-4-14(17)7-12/h2-4,7,13,15,18H,5-6,8-10H2,1H3. The number of rotatable bonds is 2. The number of carbonyl (C=O) groups is 2. The van der Waals surface area contributed by atoms with Gasteiger partial charge in [0.25, 0.3) is 0 Å². The largest absolute Gasteiger partial charge is 0.341 e. The molecule has 2 heterocycles. The van der Waals surface area contributed by atoms with Crippen LogP contribution in [0, 0.1) is 11.7 Å². The molecule has 5 nitrogen and oxygen atoms in total. The second-order valence-electron chi connectivity index (χ2n) is 5.97. The van der Waals surface area contributed by atoms with Crippen molar-refractivity contribution in [2.45, 2.75) is 13.0 Å². The van der Waals surface area contributed by atoms with E-state index >= 15 is 0 Å². The number of hydrogen-bond acceptors (Lipinski definition) is 3. The van der Waals surface area contributed by atoms with Crippen LogP contribution >= 0.6 is 0 Å².